The van der Waals surface area contributed by atoms with E-state index in [1.807, 2.05) is 12.1 Å². The number of ketones is 1. The number of nitrogens with zero attached hydrogens (tertiary/aromatic N) is 1. The molecule has 0 aromatic heterocycles. The predicted octanol–water partition coefficient (Wildman–Crippen LogP) is -1.35. The number of amides is 8. The van der Waals surface area contributed by atoms with Crippen LogP contribution in [-0.2, 0) is 43.2 Å². The van der Waals surface area contributed by atoms with E-state index in [9.17, 15) is 53.4 Å². The molecule has 15 atom stereocenters. The van der Waals surface area contributed by atoms with Gasteiger partial charge in [0.25, 0.3) is 0 Å². The molecule has 6 aliphatic carbocycles. The molecule has 6 saturated carbocycles. The summed E-state index contributed by atoms with van der Waals surface area (Å²) in [7, 11) is 0. The van der Waals surface area contributed by atoms with Gasteiger partial charge in [-0.25, -0.2) is 0 Å². The third kappa shape index (κ3) is 6.26. The molecule has 8 amide bonds. The summed E-state index contributed by atoms with van der Waals surface area (Å²) in [6.07, 6.45) is 1.66. The summed E-state index contributed by atoms with van der Waals surface area (Å²) in [6, 6.07) is 0.910. The van der Waals surface area contributed by atoms with E-state index in [2.05, 4.69) is 59.8 Å². The van der Waals surface area contributed by atoms with E-state index >= 15 is 0 Å². The molecule has 63 heavy (non-hydrogen) atoms. The molecule has 2 aliphatic heterocycles. The molecule has 4 bridgehead atoms. The van der Waals surface area contributed by atoms with E-state index < -0.39 is 124 Å². The average molecular weight is 987 g/mol. The van der Waals surface area contributed by atoms with Crippen LogP contribution < -0.4 is 37.2 Å². The maximum atomic E-state index is 14.2. The molecule has 340 valence electrons. The lowest BCUT2D eigenvalue weighted by molar-refractivity contribution is -0.381. The topological polar surface area (TPSA) is 282 Å². The lowest BCUT2D eigenvalue weighted by Crippen LogP contribution is -2.87. The van der Waals surface area contributed by atoms with Crippen LogP contribution in [0, 0.1) is 55.8 Å². The molecule has 8 aliphatic rings. The first-order valence-electron chi connectivity index (χ1n) is 21.6. The van der Waals surface area contributed by atoms with Gasteiger partial charge in [-0.15, -0.1) is 0 Å². The summed E-state index contributed by atoms with van der Waals surface area (Å²) in [5.74, 6) is -8.86. The third-order valence-electron chi connectivity index (χ3n) is 15.6. The maximum Gasteiger partial charge on any atom is 0.246 e. The monoisotopic (exact) mass is 986 g/mol. The molecule has 9 rings (SSSR count). The number of benzene rings is 1. The number of piperidine rings is 2. The molecule has 9 N–H and O–H groups in total. The van der Waals surface area contributed by atoms with Crippen molar-refractivity contribution in [3.05, 3.63) is 27.8 Å². The van der Waals surface area contributed by atoms with Gasteiger partial charge in [-0.1, -0.05) is 0 Å². The van der Waals surface area contributed by atoms with Crippen LogP contribution in [0.15, 0.2) is 24.3 Å². The number of nitrogens with one attached hydrogen (secondary N) is 7. The molecule has 1 aromatic rings. The van der Waals surface area contributed by atoms with Crippen LogP contribution in [-0.4, -0.2) is 122 Å². The first-order chi connectivity index (χ1) is 29.4. The van der Waals surface area contributed by atoms with Gasteiger partial charge in [-0.2, -0.15) is 0 Å². The van der Waals surface area contributed by atoms with Crippen molar-refractivity contribution in [2.45, 2.75) is 115 Å². The van der Waals surface area contributed by atoms with Crippen molar-refractivity contribution in [3.63, 3.8) is 0 Å². The molecule has 19 nitrogen and oxygen atoms in total. The molecule has 8 fully saturated rings. The SMILES string of the molecule is CC(NC(=O)CN1C(=O)C2CCC1C13C(=O)C4C5CC6C4C(O)(O)C21C6C53)C(=O)NC(C)C(=O)NC(C)C(=O)NC(C)(C)C(=O)NC(C)C(=O)NC(C)C(=O)Nc1ccc(I)cc1. The summed E-state index contributed by atoms with van der Waals surface area (Å²) in [5, 5.41) is 41.3. The average Bonchev–Trinajstić information content (AvgIpc) is 3.77. The summed E-state index contributed by atoms with van der Waals surface area (Å²) >= 11 is 2.13. The van der Waals surface area contributed by atoms with Crippen LogP contribution in [0.4, 0.5) is 5.69 Å². The largest absolute Gasteiger partial charge is 0.365 e. The highest BCUT2D eigenvalue weighted by atomic mass is 127. The van der Waals surface area contributed by atoms with Crippen molar-refractivity contribution >= 4 is 81.3 Å². The molecule has 15 unspecified atom stereocenters. The molecule has 2 saturated heterocycles. The van der Waals surface area contributed by atoms with Crippen LogP contribution in [0.1, 0.15) is 67.7 Å². The Kier molecular flexibility index (Phi) is 10.8. The molecule has 2 heterocycles. The number of hydrogen-bond acceptors (Lipinski definition) is 11. The Labute approximate surface area is 377 Å². The van der Waals surface area contributed by atoms with E-state index in [4.69, 9.17) is 0 Å². The fraction of sp³-hybridized carbons (Fsp3) is 0.651. The number of hydrogen-bond donors (Lipinski definition) is 9. The maximum absolute atomic E-state index is 14.2. The molecule has 2 spiro atoms. The number of carbonyl (C=O) groups is 9. The van der Waals surface area contributed by atoms with Gasteiger partial charge in [0.1, 0.15) is 41.5 Å². The lowest BCUT2D eigenvalue weighted by atomic mass is 9.28. The van der Waals surface area contributed by atoms with Crippen molar-refractivity contribution in [2.24, 2.45) is 52.3 Å². The van der Waals surface area contributed by atoms with Crippen molar-refractivity contribution in [1.82, 2.24) is 36.8 Å². The zero-order valence-corrected chi connectivity index (χ0v) is 38.2. The van der Waals surface area contributed by atoms with E-state index in [-0.39, 0.29) is 35.4 Å². The van der Waals surface area contributed by atoms with Gasteiger partial charge in [-0.05, 0) is 138 Å². The Morgan fingerprint density at radius 1 is 0.730 bits per heavy atom. The number of anilines is 1. The zero-order chi connectivity index (χ0) is 46.0. The first-order valence-corrected chi connectivity index (χ1v) is 22.7. The predicted molar refractivity (Wildman–Crippen MR) is 229 cm³/mol. The van der Waals surface area contributed by atoms with Crippen LogP contribution in [0.25, 0.3) is 0 Å². The Morgan fingerprint density at radius 2 is 1.27 bits per heavy atom. The Balaban J connectivity index is 0.782. The minimum absolute atomic E-state index is 0.0166. The lowest BCUT2D eigenvalue weighted by Gasteiger charge is -2.77. The van der Waals surface area contributed by atoms with E-state index in [1.165, 1.54) is 53.4 Å². The molecule has 1 aromatic carbocycles. The number of aliphatic hydroxyl groups is 2. The Hall–Kier alpha value is -4.70. The van der Waals surface area contributed by atoms with Crippen molar-refractivity contribution in [2.75, 3.05) is 11.9 Å². The Morgan fingerprint density at radius 3 is 1.87 bits per heavy atom. The van der Waals surface area contributed by atoms with E-state index in [0.29, 0.717) is 18.5 Å². The minimum Gasteiger partial charge on any atom is -0.365 e. The highest BCUT2D eigenvalue weighted by Crippen LogP contribution is 2.97. The number of rotatable bonds is 15. The fourth-order valence-corrected chi connectivity index (χ4v) is 13.7. The van der Waals surface area contributed by atoms with Crippen molar-refractivity contribution in [3.8, 4) is 0 Å². The minimum atomic E-state index is -2.11. The van der Waals surface area contributed by atoms with E-state index in [0.717, 1.165) is 9.99 Å². The second kappa shape index (κ2) is 15.2. The highest BCUT2D eigenvalue weighted by molar-refractivity contribution is 14.1. The normalized spacial score (nSPS) is 34.2. The highest BCUT2D eigenvalue weighted by Gasteiger charge is 3.03. The third-order valence-corrected chi connectivity index (χ3v) is 16.4. The number of Topliss-reactive ketones (excluding diaryl/α,β-unsaturated/α-hetero) is 1. The molecule has 20 heteroatoms. The molecular formula is C43H55IN8O11. The van der Waals surface area contributed by atoms with E-state index in [1.54, 1.807) is 12.1 Å². The number of carbonyl (C=O) groups excluding carboxylic acids is 9. The van der Waals surface area contributed by atoms with Crippen LogP contribution >= 0.6 is 22.6 Å². The van der Waals surface area contributed by atoms with Crippen LogP contribution in [0.3, 0.4) is 0 Å². The molecule has 0 radical (unpaired) electrons. The number of fused-ring (bicyclic) bond motifs is 3. The zero-order valence-electron chi connectivity index (χ0n) is 36.0. The fourth-order valence-electron chi connectivity index (χ4n) is 13.4. The number of halogens is 1. The summed E-state index contributed by atoms with van der Waals surface area (Å²) < 4.78 is 0.984. The first kappa shape index (κ1) is 44.9. The summed E-state index contributed by atoms with van der Waals surface area (Å²) in [5.41, 5.74) is -3.28. The Bertz CT molecular complexity index is 2220. The van der Waals surface area contributed by atoms with Gasteiger partial charge in [0.05, 0.1) is 23.3 Å². The second-order valence-corrected chi connectivity index (χ2v) is 20.6. The smallest absolute Gasteiger partial charge is 0.246 e. The van der Waals surface area contributed by atoms with Gasteiger partial charge >= 0.3 is 0 Å². The quantitative estimate of drug-likeness (QED) is 0.0732. The van der Waals surface area contributed by atoms with Gasteiger partial charge in [-0.3, -0.25) is 43.2 Å². The van der Waals surface area contributed by atoms with Crippen LogP contribution in [0.5, 0.6) is 0 Å². The van der Waals surface area contributed by atoms with Crippen molar-refractivity contribution < 1.29 is 53.4 Å². The standard InChI is InChI=1S/C43H55IN8O11/c1-16(45-27(53)15-52-26-13-12-25(38(52)60)42-31-24-14-23-28(29(24)43(42,62)63)32(54)41(26,42)30(23)31)33(55)46-17(2)34(56)48-20(5)37(59)51-40(6,7)39(61)49-19(4)35(57)47-18(3)36(58)50-22-10-8-21(44)9-11-22/h8-11,16-20,23-26,28-31,62-63H,12-15H2,1-7H3,(H,45,53)(H,46,55)(H,47,57)(H,48,56)(H,49,61)(H,50,58)(H,51,59). The molecular weight excluding hydrogens is 931 g/mol. The van der Waals surface area contributed by atoms with Gasteiger partial charge in [0.15, 0.2) is 5.79 Å². The second-order valence-electron chi connectivity index (χ2n) is 19.4. The summed E-state index contributed by atoms with van der Waals surface area (Å²) in [4.78, 5) is 121. The van der Waals surface area contributed by atoms with Crippen LogP contribution in [0.2, 0.25) is 0 Å². The van der Waals surface area contributed by atoms with Gasteiger partial charge in [0, 0.05) is 27.1 Å². The van der Waals surface area contributed by atoms with Crippen molar-refractivity contribution in [1.29, 1.82) is 0 Å². The summed E-state index contributed by atoms with van der Waals surface area (Å²) in [6.45, 7) is 9.45. The van der Waals surface area contributed by atoms with Gasteiger partial charge in [0.2, 0.25) is 47.3 Å². The van der Waals surface area contributed by atoms with Gasteiger partial charge < -0.3 is 52.3 Å².